The molecule has 3 aromatic rings. The first-order chi connectivity index (χ1) is 14.3. The van der Waals surface area contributed by atoms with Crippen molar-refractivity contribution < 1.29 is 14.2 Å². The van der Waals surface area contributed by atoms with Crippen molar-refractivity contribution in [3.63, 3.8) is 0 Å². The smallest absolute Gasteiger partial charge is 0.165 e. The van der Waals surface area contributed by atoms with E-state index in [1.165, 1.54) is 23.5 Å². The summed E-state index contributed by atoms with van der Waals surface area (Å²) >= 11 is 7.64. The Balaban J connectivity index is 1.87. The van der Waals surface area contributed by atoms with Gasteiger partial charge in [0.25, 0.3) is 0 Å². The number of aromatic nitrogens is 3. The number of ether oxygens (including phenoxy) is 1. The van der Waals surface area contributed by atoms with Crippen LogP contribution in [0.25, 0.3) is 21.1 Å². The predicted molar refractivity (Wildman–Crippen MR) is 118 cm³/mol. The van der Waals surface area contributed by atoms with E-state index in [4.69, 9.17) is 27.2 Å². The normalized spacial score (nSPS) is 12.3. The van der Waals surface area contributed by atoms with Crippen LogP contribution >= 0.6 is 22.9 Å². The summed E-state index contributed by atoms with van der Waals surface area (Å²) in [5, 5.41) is 22.1. The van der Waals surface area contributed by atoms with Gasteiger partial charge in [-0.05, 0) is 39.0 Å². The summed E-state index contributed by atoms with van der Waals surface area (Å²) in [7, 11) is 0. The van der Waals surface area contributed by atoms with E-state index in [9.17, 15) is 4.39 Å². The summed E-state index contributed by atoms with van der Waals surface area (Å²) in [6.07, 6.45) is 0. The molecular formula is C20H23ClFN5O2S. The third-order valence-electron chi connectivity index (χ3n) is 4.00. The SMILES string of the molecule is Cc1cc(-c2nnc(-c3cc(F)c(OC[C@H](N)CO)cc3Cl)s2)cc(NC(C)C)n1. The number of pyridine rings is 1. The molecular weight excluding hydrogens is 429 g/mol. The Morgan fingerprint density at radius 2 is 1.97 bits per heavy atom. The van der Waals surface area contributed by atoms with Gasteiger partial charge >= 0.3 is 0 Å². The fraction of sp³-hybridized carbons (Fsp3) is 0.350. The summed E-state index contributed by atoms with van der Waals surface area (Å²) in [5.74, 6) is 0.120. The van der Waals surface area contributed by atoms with Gasteiger partial charge in [0.05, 0.1) is 17.7 Å². The van der Waals surface area contributed by atoms with Gasteiger partial charge in [0, 0.05) is 28.9 Å². The predicted octanol–water partition coefficient (Wildman–Crippen LogP) is 3.89. The number of halogens is 2. The number of hydrogen-bond acceptors (Lipinski definition) is 8. The lowest BCUT2D eigenvalue weighted by molar-refractivity contribution is 0.202. The molecule has 0 fully saturated rings. The zero-order valence-electron chi connectivity index (χ0n) is 16.8. The van der Waals surface area contributed by atoms with E-state index in [1.807, 2.05) is 32.9 Å². The summed E-state index contributed by atoms with van der Waals surface area (Å²) in [6, 6.07) is 6.09. The van der Waals surface area contributed by atoms with Crippen molar-refractivity contribution >= 4 is 28.8 Å². The van der Waals surface area contributed by atoms with Gasteiger partial charge in [-0.3, -0.25) is 0 Å². The number of aliphatic hydroxyl groups is 1. The molecule has 3 rings (SSSR count). The summed E-state index contributed by atoms with van der Waals surface area (Å²) in [6.45, 7) is 5.69. The van der Waals surface area contributed by atoms with Crippen LogP contribution in [-0.4, -0.2) is 45.6 Å². The Kier molecular flexibility index (Phi) is 7.19. The zero-order chi connectivity index (χ0) is 21.8. The minimum absolute atomic E-state index is 0.0276. The molecule has 0 bridgehead atoms. The Labute approximate surface area is 183 Å². The quantitative estimate of drug-likeness (QED) is 0.477. The maximum Gasteiger partial charge on any atom is 0.165 e. The molecule has 0 saturated heterocycles. The molecule has 0 unspecified atom stereocenters. The van der Waals surface area contributed by atoms with Crippen LogP contribution < -0.4 is 15.8 Å². The van der Waals surface area contributed by atoms with Gasteiger partial charge in [0.1, 0.15) is 22.4 Å². The lowest BCUT2D eigenvalue weighted by Crippen LogP contribution is -2.31. The molecule has 2 heterocycles. The molecule has 0 saturated carbocycles. The maximum atomic E-state index is 14.5. The number of anilines is 1. The number of aryl methyl sites for hydroxylation is 1. The molecule has 0 aliphatic carbocycles. The zero-order valence-corrected chi connectivity index (χ0v) is 18.4. The van der Waals surface area contributed by atoms with Gasteiger partial charge in [-0.2, -0.15) is 0 Å². The molecule has 0 spiro atoms. The first kappa shape index (κ1) is 22.4. The second-order valence-electron chi connectivity index (χ2n) is 7.11. The fourth-order valence-electron chi connectivity index (χ4n) is 2.66. The van der Waals surface area contributed by atoms with E-state index in [2.05, 4.69) is 20.5 Å². The first-order valence-electron chi connectivity index (χ1n) is 9.34. The highest BCUT2D eigenvalue weighted by atomic mass is 35.5. The van der Waals surface area contributed by atoms with Gasteiger partial charge in [-0.15, -0.1) is 10.2 Å². The molecule has 0 aliphatic heterocycles. The van der Waals surface area contributed by atoms with E-state index in [0.29, 0.717) is 15.6 Å². The van der Waals surface area contributed by atoms with E-state index < -0.39 is 11.9 Å². The van der Waals surface area contributed by atoms with Crippen molar-refractivity contribution in [1.29, 1.82) is 0 Å². The van der Waals surface area contributed by atoms with Crippen molar-refractivity contribution in [2.24, 2.45) is 5.73 Å². The lowest BCUT2D eigenvalue weighted by Gasteiger charge is -2.12. The van der Waals surface area contributed by atoms with Crippen molar-refractivity contribution in [3.8, 4) is 26.9 Å². The van der Waals surface area contributed by atoms with Crippen LogP contribution in [0.15, 0.2) is 24.3 Å². The molecule has 1 aromatic carbocycles. The largest absolute Gasteiger partial charge is 0.489 e. The topological polar surface area (TPSA) is 106 Å². The molecule has 7 nitrogen and oxygen atoms in total. The third-order valence-corrected chi connectivity index (χ3v) is 5.32. The van der Waals surface area contributed by atoms with E-state index in [1.54, 1.807) is 0 Å². The van der Waals surface area contributed by atoms with Crippen LogP contribution in [0.2, 0.25) is 5.02 Å². The van der Waals surface area contributed by atoms with Gasteiger partial charge < -0.3 is 20.9 Å². The number of hydrogen-bond donors (Lipinski definition) is 3. The highest BCUT2D eigenvalue weighted by Gasteiger charge is 2.17. The van der Waals surface area contributed by atoms with Crippen LogP contribution in [0, 0.1) is 12.7 Å². The lowest BCUT2D eigenvalue weighted by atomic mass is 10.2. The molecule has 160 valence electrons. The minimum atomic E-state index is -0.604. The summed E-state index contributed by atoms with van der Waals surface area (Å²) in [5.41, 5.74) is 7.71. The average molecular weight is 452 g/mol. The highest BCUT2D eigenvalue weighted by molar-refractivity contribution is 7.18. The molecule has 0 aliphatic rings. The Bertz CT molecular complexity index is 1030. The van der Waals surface area contributed by atoms with Gasteiger partial charge in [0.15, 0.2) is 11.6 Å². The average Bonchev–Trinajstić information content (AvgIpc) is 3.17. The maximum absolute atomic E-state index is 14.5. The number of benzene rings is 1. The highest BCUT2D eigenvalue weighted by Crippen LogP contribution is 2.37. The summed E-state index contributed by atoms with van der Waals surface area (Å²) < 4.78 is 19.8. The third kappa shape index (κ3) is 5.42. The molecule has 0 radical (unpaired) electrons. The van der Waals surface area contributed by atoms with E-state index in [0.717, 1.165) is 17.1 Å². The van der Waals surface area contributed by atoms with Crippen LogP contribution in [0.1, 0.15) is 19.5 Å². The molecule has 4 N–H and O–H groups in total. The number of aliphatic hydroxyl groups excluding tert-OH is 1. The number of rotatable bonds is 8. The van der Waals surface area contributed by atoms with Crippen LogP contribution in [0.4, 0.5) is 10.2 Å². The van der Waals surface area contributed by atoms with Gasteiger partial charge in [0.2, 0.25) is 0 Å². The molecule has 1 atom stereocenters. The second-order valence-corrected chi connectivity index (χ2v) is 8.49. The number of nitrogens with two attached hydrogens (primary N) is 1. The van der Waals surface area contributed by atoms with Gasteiger partial charge in [-0.1, -0.05) is 22.9 Å². The van der Waals surface area contributed by atoms with E-state index in [-0.39, 0.29) is 30.0 Å². The molecule has 10 heteroatoms. The van der Waals surface area contributed by atoms with Crippen molar-refractivity contribution in [2.75, 3.05) is 18.5 Å². The van der Waals surface area contributed by atoms with Crippen LogP contribution in [0.5, 0.6) is 5.75 Å². The number of nitrogens with one attached hydrogen (secondary N) is 1. The second kappa shape index (κ2) is 9.65. The number of nitrogens with zero attached hydrogens (tertiary/aromatic N) is 3. The molecule has 30 heavy (non-hydrogen) atoms. The van der Waals surface area contributed by atoms with Crippen molar-refractivity contribution in [2.45, 2.75) is 32.9 Å². The fourth-order valence-corrected chi connectivity index (χ4v) is 3.82. The van der Waals surface area contributed by atoms with Crippen molar-refractivity contribution in [3.05, 3.63) is 40.8 Å². The first-order valence-corrected chi connectivity index (χ1v) is 10.5. The van der Waals surface area contributed by atoms with E-state index >= 15 is 0 Å². The van der Waals surface area contributed by atoms with Gasteiger partial charge in [-0.25, -0.2) is 9.37 Å². The minimum Gasteiger partial charge on any atom is -0.489 e. The molecule has 0 amide bonds. The molecule has 2 aromatic heterocycles. The summed E-state index contributed by atoms with van der Waals surface area (Å²) in [4.78, 5) is 4.47. The van der Waals surface area contributed by atoms with Crippen LogP contribution in [0.3, 0.4) is 0 Å². The Hall–Kier alpha value is -2.33. The Morgan fingerprint density at radius 1 is 1.23 bits per heavy atom. The standard InChI is InChI=1S/C20H23ClFN5O2S/c1-10(2)24-18-5-12(4-11(3)25-18)19-26-27-20(30-19)14-6-16(22)17(7-15(14)21)29-9-13(23)8-28/h4-7,10,13,28H,8-9,23H2,1-3H3,(H,24,25)/t13-/m1/s1. The van der Waals surface area contributed by atoms with Crippen molar-refractivity contribution in [1.82, 2.24) is 15.2 Å². The monoisotopic (exact) mass is 451 g/mol. The Morgan fingerprint density at radius 3 is 2.67 bits per heavy atom. The van der Waals surface area contributed by atoms with Crippen LogP contribution in [-0.2, 0) is 0 Å².